The first-order valence-corrected chi connectivity index (χ1v) is 8.88. The zero-order valence-corrected chi connectivity index (χ0v) is 14.9. The molecule has 2 amide bonds. The molecule has 0 radical (unpaired) electrons. The molecule has 6 nitrogen and oxygen atoms in total. The summed E-state index contributed by atoms with van der Waals surface area (Å²) in [5, 5.41) is 12.3. The predicted molar refractivity (Wildman–Crippen MR) is 94.6 cm³/mol. The zero-order chi connectivity index (χ0) is 18.4. The Balaban J connectivity index is 2.12. The highest BCUT2D eigenvalue weighted by Gasteiger charge is 2.41. The van der Waals surface area contributed by atoms with E-state index in [2.05, 4.69) is 5.32 Å². The molecule has 1 fully saturated rings. The Bertz CT molecular complexity index is 629. The quantitative estimate of drug-likeness (QED) is 0.829. The highest BCUT2D eigenvalue weighted by molar-refractivity contribution is 5.99. The highest BCUT2D eigenvalue weighted by atomic mass is 16.4. The molecule has 2 N–H and O–H groups in total. The molecule has 0 heterocycles. The fourth-order valence-corrected chi connectivity index (χ4v) is 3.29. The molecule has 2 rings (SSSR count). The molecule has 136 valence electrons. The smallest absolute Gasteiger partial charge is 0.329 e. The summed E-state index contributed by atoms with van der Waals surface area (Å²) in [5.41, 5.74) is -0.293. The van der Waals surface area contributed by atoms with Gasteiger partial charge in [-0.15, -0.1) is 0 Å². The van der Waals surface area contributed by atoms with Crippen molar-refractivity contribution in [2.24, 2.45) is 0 Å². The number of hydrogen-bond donors (Lipinski definition) is 2. The molecule has 25 heavy (non-hydrogen) atoms. The van der Waals surface area contributed by atoms with E-state index in [-0.39, 0.29) is 5.91 Å². The van der Waals surface area contributed by atoms with Gasteiger partial charge in [-0.05, 0) is 51.0 Å². The van der Waals surface area contributed by atoms with Crippen molar-refractivity contribution in [3.05, 3.63) is 35.4 Å². The van der Waals surface area contributed by atoms with Crippen LogP contribution in [-0.2, 0) is 4.79 Å². The van der Waals surface area contributed by atoms with Crippen molar-refractivity contribution < 1.29 is 19.5 Å². The molecule has 0 spiro atoms. The monoisotopic (exact) mass is 346 g/mol. The van der Waals surface area contributed by atoms with E-state index in [1.807, 2.05) is 13.8 Å². The van der Waals surface area contributed by atoms with Crippen molar-refractivity contribution in [2.45, 2.75) is 51.5 Å². The molecule has 0 bridgehead atoms. The SMILES string of the molecule is CCN(CC)C(=O)c1ccc(C(=O)NC2(C(=O)O)CCCCC2)cc1. The zero-order valence-electron chi connectivity index (χ0n) is 14.9. The molecule has 1 aromatic carbocycles. The van der Waals surface area contributed by atoms with Crippen LogP contribution in [0.2, 0.25) is 0 Å². The molecule has 0 aromatic heterocycles. The number of carbonyl (C=O) groups is 3. The molecular formula is C19H26N2O4. The van der Waals surface area contributed by atoms with Gasteiger partial charge in [0.25, 0.3) is 11.8 Å². The lowest BCUT2D eigenvalue weighted by Gasteiger charge is -2.34. The van der Waals surface area contributed by atoms with Gasteiger partial charge in [0.15, 0.2) is 0 Å². The number of nitrogens with zero attached hydrogens (tertiary/aromatic N) is 1. The molecule has 0 aliphatic heterocycles. The first kappa shape index (κ1) is 19.0. The highest BCUT2D eigenvalue weighted by Crippen LogP contribution is 2.29. The maximum atomic E-state index is 12.5. The second-order valence-electron chi connectivity index (χ2n) is 6.46. The van der Waals surface area contributed by atoms with Gasteiger partial charge >= 0.3 is 5.97 Å². The normalized spacial score (nSPS) is 16.1. The summed E-state index contributed by atoms with van der Waals surface area (Å²) >= 11 is 0. The minimum Gasteiger partial charge on any atom is -0.480 e. The Hall–Kier alpha value is -2.37. The third-order valence-electron chi connectivity index (χ3n) is 4.91. The van der Waals surface area contributed by atoms with Crippen LogP contribution in [0.15, 0.2) is 24.3 Å². The summed E-state index contributed by atoms with van der Waals surface area (Å²) in [6.45, 7) is 5.08. The van der Waals surface area contributed by atoms with E-state index in [0.29, 0.717) is 37.1 Å². The van der Waals surface area contributed by atoms with Crippen LogP contribution in [0, 0.1) is 0 Å². The Morgan fingerprint density at radius 3 is 2.00 bits per heavy atom. The molecule has 0 unspecified atom stereocenters. The summed E-state index contributed by atoms with van der Waals surface area (Å²) in [4.78, 5) is 38.1. The van der Waals surface area contributed by atoms with Crippen LogP contribution in [-0.4, -0.2) is 46.4 Å². The van der Waals surface area contributed by atoms with Crippen molar-refractivity contribution in [2.75, 3.05) is 13.1 Å². The average Bonchev–Trinajstić information content (AvgIpc) is 2.63. The van der Waals surface area contributed by atoms with Crippen LogP contribution in [0.4, 0.5) is 0 Å². The summed E-state index contributed by atoms with van der Waals surface area (Å²) in [5.74, 6) is -1.47. The maximum Gasteiger partial charge on any atom is 0.329 e. The lowest BCUT2D eigenvalue weighted by molar-refractivity contribution is -0.145. The van der Waals surface area contributed by atoms with Crippen LogP contribution < -0.4 is 5.32 Å². The van der Waals surface area contributed by atoms with Crippen molar-refractivity contribution in [1.82, 2.24) is 10.2 Å². The van der Waals surface area contributed by atoms with Crippen molar-refractivity contribution in [3.8, 4) is 0 Å². The van der Waals surface area contributed by atoms with Crippen molar-refractivity contribution >= 4 is 17.8 Å². The van der Waals surface area contributed by atoms with Gasteiger partial charge < -0.3 is 15.3 Å². The first-order valence-electron chi connectivity index (χ1n) is 8.88. The second kappa shape index (κ2) is 8.14. The number of aliphatic carboxylic acids is 1. The number of carboxylic acids is 1. The van der Waals surface area contributed by atoms with E-state index in [4.69, 9.17) is 0 Å². The van der Waals surface area contributed by atoms with E-state index in [0.717, 1.165) is 19.3 Å². The number of carbonyl (C=O) groups excluding carboxylic acids is 2. The fourth-order valence-electron chi connectivity index (χ4n) is 3.29. The molecule has 0 saturated heterocycles. The van der Waals surface area contributed by atoms with Gasteiger partial charge in [0.1, 0.15) is 5.54 Å². The molecule has 1 aliphatic carbocycles. The standard InChI is InChI=1S/C19H26N2O4/c1-3-21(4-2)17(23)15-10-8-14(9-11-15)16(22)20-19(18(24)25)12-6-5-7-13-19/h8-11H,3-7,12-13H2,1-2H3,(H,20,22)(H,24,25). The van der Waals surface area contributed by atoms with Gasteiger partial charge in [-0.1, -0.05) is 19.3 Å². The number of carboxylic acid groups (broad SMARTS) is 1. The van der Waals surface area contributed by atoms with E-state index >= 15 is 0 Å². The van der Waals surface area contributed by atoms with Crippen LogP contribution in [0.1, 0.15) is 66.7 Å². The second-order valence-corrected chi connectivity index (χ2v) is 6.46. The van der Waals surface area contributed by atoms with E-state index in [1.165, 1.54) is 0 Å². The third-order valence-corrected chi connectivity index (χ3v) is 4.91. The fraction of sp³-hybridized carbons (Fsp3) is 0.526. The van der Waals surface area contributed by atoms with Gasteiger partial charge in [0.2, 0.25) is 0 Å². The van der Waals surface area contributed by atoms with Gasteiger partial charge in [-0.3, -0.25) is 9.59 Å². The Morgan fingerprint density at radius 2 is 1.52 bits per heavy atom. The molecule has 1 saturated carbocycles. The third kappa shape index (κ3) is 4.18. The van der Waals surface area contributed by atoms with Crippen LogP contribution in [0.3, 0.4) is 0 Å². The van der Waals surface area contributed by atoms with Crippen LogP contribution >= 0.6 is 0 Å². The summed E-state index contributed by atoms with van der Waals surface area (Å²) < 4.78 is 0. The lowest BCUT2D eigenvalue weighted by atomic mass is 9.81. The van der Waals surface area contributed by atoms with Gasteiger partial charge in [0, 0.05) is 24.2 Å². The van der Waals surface area contributed by atoms with E-state index in [9.17, 15) is 19.5 Å². The predicted octanol–water partition coefficient (Wildman–Crippen LogP) is 2.69. The van der Waals surface area contributed by atoms with Gasteiger partial charge in [0.05, 0.1) is 0 Å². The lowest BCUT2D eigenvalue weighted by Crippen LogP contribution is -2.55. The minimum absolute atomic E-state index is 0.0776. The number of hydrogen-bond acceptors (Lipinski definition) is 3. The summed E-state index contributed by atoms with van der Waals surface area (Å²) in [6.07, 6.45) is 3.49. The summed E-state index contributed by atoms with van der Waals surface area (Å²) in [7, 11) is 0. The Kier molecular flexibility index (Phi) is 6.17. The van der Waals surface area contributed by atoms with Crippen molar-refractivity contribution in [1.29, 1.82) is 0 Å². The number of nitrogens with one attached hydrogen (secondary N) is 1. The average molecular weight is 346 g/mol. The minimum atomic E-state index is -1.18. The van der Waals surface area contributed by atoms with E-state index in [1.54, 1.807) is 29.2 Å². The largest absolute Gasteiger partial charge is 0.480 e. The van der Waals surface area contributed by atoms with Crippen LogP contribution in [0.25, 0.3) is 0 Å². The molecule has 0 atom stereocenters. The Labute approximate surface area is 148 Å². The topological polar surface area (TPSA) is 86.7 Å². The molecule has 1 aliphatic rings. The molecular weight excluding hydrogens is 320 g/mol. The first-order chi connectivity index (χ1) is 11.9. The molecule has 1 aromatic rings. The number of rotatable bonds is 6. The summed E-state index contributed by atoms with van der Waals surface area (Å²) in [6, 6.07) is 6.38. The Morgan fingerprint density at radius 1 is 1.00 bits per heavy atom. The molecule has 6 heteroatoms. The number of benzene rings is 1. The number of amides is 2. The van der Waals surface area contributed by atoms with Gasteiger partial charge in [-0.2, -0.15) is 0 Å². The van der Waals surface area contributed by atoms with E-state index < -0.39 is 17.4 Å². The maximum absolute atomic E-state index is 12.5. The van der Waals surface area contributed by atoms with Crippen LogP contribution in [0.5, 0.6) is 0 Å². The van der Waals surface area contributed by atoms with Crippen molar-refractivity contribution in [3.63, 3.8) is 0 Å². The van der Waals surface area contributed by atoms with Gasteiger partial charge in [-0.25, -0.2) is 4.79 Å².